The molecule has 0 saturated heterocycles. The lowest BCUT2D eigenvalue weighted by molar-refractivity contribution is -0.115. The Kier molecular flexibility index (Phi) is 6.37. The summed E-state index contributed by atoms with van der Waals surface area (Å²) in [6.45, 7) is 5.81. The van der Waals surface area contributed by atoms with Crippen LogP contribution in [0.1, 0.15) is 20.8 Å². The number of benzene rings is 2. The van der Waals surface area contributed by atoms with Gasteiger partial charge in [0.05, 0.1) is 11.4 Å². The average molecular weight is 350 g/mol. The molecule has 3 nitrogen and oxygen atoms in total. The molecule has 0 radical (unpaired) electrons. The molecule has 122 valence electrons. The van der Waals surface area contributed by atoms with Crippen LogP contribution in [0.5, 0.6) is 5.75 Å². The van der Waals surface area contributed by atoms with Crippen molar-refractivity contribution in [3.63, 3.8) is 0 Å². The fourth-order valence-corrected chi connectivity index (χ4v) is 2.93. The first kappa shape index (κ1) is 17.7. The molecule has 0 heterocycles. The molecule has 2 aromatic carbocycles. The Morgan fingerprint density at radius 3 is 2.48 bits per heavy atom. The minimum Gasteiger partial charge on any atom is -0.491 e. The molecule has 0 aliphatic heterocycles. The average Bonchev–Trinajstić information content (AvgIpc) is 2.49. The van der Waals surface area contributed by atoms with Gasteiger partial charge in [0.1, 0.15) is 5.75 Å². The van der Waals surface area contributed by atoms with Gasteiger partial charge in [-0.05, 0) is 57.2 Å². The Morgan fingerprint density at radius 1 is 1.13 bits per heavy atom. The highest BCUT2D eigenvalue weighted by molar-refractivity contribution is 8.00. The highest BCUT2D eigenvalue weighted by Crippen LogP contribution is 2.26. The number of amides is 1. The molecule has 0 fully saturated rings. The predicted octanol–water partition coefficient (Wildman–Crippen LogP) is 5.25. The van der Waals surface area contributed by atoms with Gasteiger partial charge >= 0.3 is 0 Å². The van der Waals surface area contributed by atoms with Gasteiger partial charge in [0, 0.05) is 21.7 Å². The van der Waals surface area contributed by atoms with Crippen molar-refractivity contribution < 1.29 is 9.53 Å². The van der Waals surface area contributed by atoms with Crippen molar-refractivity contribution in [1.82, 2.24) is 0 Å². The van der Waals surface area contributed by atoms with Crippen LogP contribution >= 0.6 is 23.4 Å². The van der Waals surface area contributed by atoms with Crippen molar-refractivity contribution in [3.05, 3.63) is 53.6 Å². The monoisotopic (exact) mass is 349 g/mol. The third kappa shape index (κ3) is 5.81. The molecular formula is C18H20ClNO2S. The van der Waals surface area contributed by atoms with Crippen LogP contribution in [-0.2, 0) is 4.79 Å². The molecule has 1 atom stereocenters. The van der Waals surface area contributed by atoms with E-state index in [0.29, 0.717) is 5.02 Å². The fourth-order valence-electron chi connectivity index (χ4n) is 1.93. The van der Waals surface area contributed by atoms with Crippen LogP contribution in [0.15, 0.2) is 53.4 Å². The number of thioether (sulfide) groups is 1. The number of hydrogen-bond acceptors (Lipinski definition) is 3. The molecule has 1 N–H and O–H groups in total. The standard InChI is InChI=1S/C18H20ClNO2S/c1-12(2)22-16-6-4-5-15(11-16)20-18(21)13(3)23-17-9-7-14(19)8-10-17/h4-13H,1-3H3,(H,20,21)/t13-/m1/s1. The summed E-state index contributed by atoms with van der Waals surface area (Å²) in [4.78, 5) is 13.3. The van der Waals surface area contributed by atoms with Gasteiger partial charge in [0.2, 0.25) is 5.91 Å². The SMILES string of the molecule is CC(C)Oc1cccc(NC(=O)[C@@H](C)Sc2ccc(Cl)cc2)c1. The second-order valence-corrected chi connectivity index (χ2v) is 7.25. The minimum atomic E-state index is -0.217. The number of hydrogen-bond donors (Lipinski definition) is 1. The first-order valence-electron chi connectivity index (χ1n) is 7.44. The lowest BCUT2D eigenvalue weighted by Gasteiger charge is -2.14. The van der Waals surface area contributed by atoms with Crippen LogP contribution in [0.3, 0.4) is 0 Å². The lowest BCUT2D eigenvalue weighted by Crippen LogP contribution is -2.22. The number of carbonyl (C=O) groups excluding carboxylic acids is 1. The van der Waals surface area contributed by atoms with Crippen molar-refractivity contribution in [2.24, 2.45) is 0 Å². The Morgan fingerprint density at radius 2 is 1.83 bits per heavy atom. The highest BCUT2D eigenvalue weighted by Gasteiger charge is 2.15. The third-order valence-corrected chi connectivity index (χ3v) is 4.33. The number of nitrogens with one attached hydrogen (secondary N) is 1. The number of rotatable bonds is 6. The van der Waals surface area contributed by atoms with E-state index in [0.717, 1.165) is 16.3 Å². The number of anilines is 1. The Bertz CT molecular complexity index is 658. The summed E-state index contributed by atoms with van der Waals surface area (Å²) in [7, 11) is 0. The fraction of sp³-hybridized carbons (Fsp3) is 0.278. The summed E-state index contributed by atoms with van der Waals surface area (Å²) in [5, 5.41) is 3.39. The predicted molar refractivity (Wildman–Crippen MR) is 97.6 cm³/mol. The normalized spacial score (nSPS) is 12.0. The van der Waals surface area contributed by atoms with Crippen molar-refractivity contribution >= 4 is 35.0 Å². The zero-order valence-electron chi connectivity index (χ0n) is 13.4. The van der Waals surface area contributed by atoms with E-state index in [9.17, 15) is 4.79 Å². The van der Waals surface area contributed by atoms with Crippen LogP contribution in [0.25, 0.3) is 0 Å². The van der Waals surface area contributed by atoms with Gasteiger partial charge in [-0.1, -0.05) is 17.7 Å². The Hall–Kier alpha value is -1.65. The molecular weight excluding hydrogens is 330 g/mol. The van der Waals surface area contributed by atoms with Crippen molar-refractivity contribution in [1.29, 1.82) is 0 Å². The van der Waals surface area contributed by atoms with E-state index < -0.39 is 0 Å². The molecule has 0 aliphatic carbocycles. The third-order valence-electron chi connectivity index (χ3n) is 2.97. The van der Waals surface area contributed by atoms with E-state index in [-0.39, 0.29) is 17.3 Å². The summed E-state index contributed by atoms with van der Waals surface area (Å²) in [5.74, 6) is 0.697. The quantitative estimate of drug-likeness (QED) is 0.724. The second kappa shape index (κ2) is 8.27. The Labute approximate surface area is 146 Å². The topological polar surface area (TPSA) is 38.3 Å². The van der Waals surface area contributed by atoms with E-state index in [1.807, 2.05) is 69.3 Å². The number of ether oxygens (including phenoxy) is 1. The molecule has 0 bridgehead atoms. The summed E-state index contributed by atoms with van der Waals surface area (Å²) in [6.07, 6.45) is 0.0975. The lowest BCUT2D eigenvalue weighted by atomic mass is 10.3. The summed E-state index contributed by atoms with van der Waals surface area (Å²) < 4.78 is 5.63. The molecule has 0 aromatic heterocycles. The zero-order chi connectivity index (χ0) is 16.8. The van der Waals surface area contributed by atoms with E-state index in [1.54, 1.807) is 0 Å². The maximum atomic E-state index is 12.3. The number of carbonyl (C=O) groups is 1. The molecule has 23 heavy (non-hydrogen) atoms. The van der Waals surface area contributed by atoms with E-state index in [4.69, 9.17) is 16.3 Å². The molecule has 0 unspecified atom stereocenters. The van der Waals surface area contributed by atoms with Gasteiger partial charge in [-0.15, -0.1) is 11.8 Å². The summed E-state index contributed by atoms with van der Waals surface area (Å²) in [5.41, 5.74) is 0.733. The van der Waals surface area contributed by atoms with Crippen molar-refractivity contribution in [3.8, 4) is 5.75 Å². The van der Waals surface area contributed by atoms with E-state index in [1.165, 1.54) is 11.8 Å². The van der Waals surface area contributed by atoms with Crippen LogP contribution in [0.4, 0.5) is 5.69 Å². The summed E-state index contributed by atoms with van der Waals surface area (Å²) in [6, 6.07) is 14.9. The highest BCUT2D eigenvalue weighted by atomic mass is 35.5. The first-order valence-corrected chi connectivity index (χ1v) is 8.69. The second-order valence-electron chi connectivity index (χ2n) is 5.40. The van der Waals surface area contributed by atoms with Gasteiger partial charge in [-0.2, -0.15) is 0 Å². The first-order chi connectivity index (χ1) is 10.9. The molecule has 0 spiro atoms. The van der Waals surface area contributed by atoms with Gasteiger partial charge in [-0.25, -0.2) is 0 Å². The molecule has 2 aromatic rings. The molecule has 5 heteroatoms. The molecule has 0 saturated carbocycles. The maximum Gasteiger partial charge on any atom is 0.237 e. The Balaban J connectivity index is 1.96. The van der Waals surface area contributed by atoms with Crippen LogP contribution in [-0.4, -0.2) is 17.3 Å². The van der Waals surface area contributed by atoms with Crippen molar-refractivity contribution in [2.75, 3.05) is 5.32 Å². The maximum absolute atomic E-state index is 12.3. The van der Waals surface area contributed by atoms with Gasteiger partial charge in [0.15, 0.2) is 0 Å². The van der Waals surface area contributed by atoms with Crippen molar-refractivity contribution in [2.45, 2.75) is 37.0 Å². The largest absolute Gasteiger partial charge is 0.491 e. The van der Waals surface area contributed by atoms with E-state index in [2.05, 4.69) is 5.32 Å². The van der Waals surface area contributed by atoms with E-state index >= 15 is 0 Å². The van der Waals surface area contributed by atoms with Crippen LogP contribution < -0.4 is 10.1 Å². The molecule has 2 rings (SSSR count). The minimum absolute atomic E-state index is 0.0494. The summed E-state index contributed by atoms with van der Waals surface area (Å²) >= 11 is 7.36. The van der Waals surface area contributed by atoms with Gasteiger partial charge in [0.25, 0.3) is 0 Å². The van der Waals surface area contributed by atoms with Gasteiger partial charge < -0.3 is 10.1 Å². The van der Waals surface area contributed by atoms with Crippen LogP contribution in [0, 0.1) is 0 Å². The zero-order valence-corrected chi connectivity index (χ0v) is 14.9. The molecule has 0 aliphatic rings. The van der Waals surface area contributed by atoms with Gasteiger partial charge in [-0.3, -0.25) is 4.79 Å². The van der Waals surface area contributed by atoms with Crippen LogP contribution in [0.2, 0.25) is 5.02 Å². The smallest absolute Gasteiger partial charge is 0.237 e. The molecule has 1 amide bonds. The number of halogens is 1.